The number of rotatable bonds is 5. The molecule has 2 amide bonds. The summed E-state index contributed by atoms with van der Waals surface area (Å²) in [5.74, 6) is -0.476. The lowest BCUT2D eigenvalue weighted by atomic mass is 10.1. The Morgan fingerprint density at radius 3 is 2.37 bits per heavy atom. The van der Waals surface area contributed by atoms with Gasteiger partial charge in [0.05, 0.1) is 13.0 Å². The zero-order valence-corrected chi connectivity index (χ0v) is 14.6. The van der Waals surface area contributed by atoms with Crippen molar-refractivity contribution in [2.24, 2.45) is 0 Å². The molecule has 0 bridgehead atoms. The lowest BCUT2D eigenvalue weighted by Crippen LogP contribution is -2.33. The quantitative estimate of drug-likeness (QED) is 0.569. The standard InChI is InChI=1S/C22H18N2O3/c25-21(12-15-6-2-1-3-7-15)23-14-22(26)24-16-10-11-18-17-8-4-5-9-19(17)27-20(18)13-16/h1-11,13H,12,14H2,(H,23,25)(H,24,26). The second kappa shape index (κ2) is 7.33. The normalized spacial score (nSPS) is 10.8. The molecule has 4 rings (SSSR count). The van der Waals surface area contributed by atoms with Crippen LogP contribution in [0.3, 0.4) is 0 Å². The van der Waals surface area contributed by atoms with Crippen LogP contribution in [-0.2, 0) is 16.0 Å². The van der Waals surface area contributed by atoms with Gasteiger partial charge >= 0.3 is 0 Å². The van der Waals surface area contributed by atoms with E-state index in [-0.39, 0.29) is 24.8 Å². The van der Waals surface area contributed by atoms with Crippen molar-refractivity contribution in [2.45, 2.75) is 6.42 Å². The number of benzene rings is 3. The first kappa shape index (κ1) is 16.8. The van der Waals surface area contributed by atoms with Gasteiger partial charge in [0, 0.05) is 22.5 Å². The molecule has 3 aromatic carbocycles. The lowest BCUT2D eigenvalue weighted by Gasteiger charge is -2.07. The number of fused-ring (bicyclic) bond motifs is 3. The van der Waals surface area contributed by atoms with Crippen molar-refractivity contribution in [3.8, 4) is 0 Å². The third-order valence-corrected chi connectivity index (χ3v) is 4.32. The van der Waals surface area contributed by atoms with E-state index in [0.29, 0.717) is 11.3 Å². The molecular formula is C22H18N2O3. The Morgan fingerprint density at radius 2 is 1.52 bits per heavy atom. The Labute approximate surface area is 156 Å². The van der Waals surface area contributed by atoms with Gasteiger partial charge in [-0.1, -0.05) is 48.5 Å². The minimum Gasteiger partial charge on any atom is -0.456 e. The van der Waals surface area contributed by atoms with E-state index < -0.39 is 0 Å². The molecule has 0 aliphatic carbocycles. The summed E-state index contributed by atoms with van der Waals surface area (Å²) in [4.78, 5) is 24.1. The van der Waals surface area contributed by atoms with Gasteiger partial charge in [-0.3, -0.25) is 9.59 Å². The number of amides is 2. The summed E-state index contributed by atoms with van der Waals surface area (Å²) in [6.45, 7) is -0.0795. The monoisotopic (exact) mass is 358 g/mol. The minimum absolute atomic E-state index is 0.0795. The van der Waals surface area contributed by atoms with Crippen molar-refractivity contribution in [1.29, 1.82) is 0 Å². The van der Waals surface area contributed by atoms with E-state index in [1.165, 1.54) is 0 Å². The average Bonchev–Trinajstić information content (AvgIpc) is 3.05. The van der Waals surface area contributed by atoms with E-state index in [1.807, 2.05) is 66.7 Å². The fourth-order valence-corrected chi connectivity index (χ4v) is 3.03. The fraction of sp³-hybridized carbons (Fsp3) is 0.0909. The predicted molar refractivity (Wildman–Crippen MR) is 106 cm³/mol. The van der Waals surface area contributed by atoms with Crippen molar-refractivity contribution in [3.63, 3.8) is 0 Å². The molecule has 0 saturated heterocycles. The van der Waals surface area contributed by atoms with Crippen LogP contribution in [0, 0.1) is 0 Å². The number of furan rings is 1. The first-order chi connectivity index (χ1) is 13.2. The zero-order chi connectivity index (χ0) is 18.6. The molecule has 5 heteroatoms. The molecule has 0 spiro atoms. The van der Waals surface area contributed by atoms with Gasteiger partial charge in [0.15, 0.2) is 0 Å². The van der Waals surface area contributed by atoms with Crippen molar-refractivity contribution >= 4 is 39.4 Å². The molecule has 0 unspecified atom stereocenters. The van der Waals surface area contributed by atoms with Gasteiger partial charge < -0.3 is 15.1 Å². The smallest absolute Gasteiger partial charge is 0.243 e. The van der Waals surface area contributed by atoms with Gasteiger partial charge in [-0.2, -0.15) is 0 Å². The van der Waals surface area contributed by atoms with Crippen LogP contribution in [0.4, 0.5) is 5.69 Å². The lowest BCUT2D eigenvalue weighted by molar-refractivity contribution is -0.123. The van der Waals surface area contributed by atoms with Crippen LogP contribution in [0.15, 0.2) is 77.2 Å². The Bertz CT molecular complexity index is 1120. The summed E-state index contributed by atoms with van der Waals surface area (Å²) in [6.07, 6.45) is 0.249. The third kappa shape index (κ3) is 3.82. The topological polar surface area (TPSA) is 71.3 Å². The summed E-state index contributed by atoms with van der Waals surface area (Å²) in [7, 11) is 0. The fourth-order valence-electron chi connectivity index (χ4n) is 3.03. The number of carbonyl (C=O) groups excluding carboxylic acids is 2. The highest BCUT2D eigenvalue weighted by atomic mass is 16.3. The van der Waals surface area contributed by atoms with Crippen LogP contribution in [0.1, 0.15) is 5.56 Å². The molecule has 0 aliphatic rings. The number of hydrogen-bond donors (Lipinski definition) is 2. The molecule has 27 heavy (non-hydrogen) atoms. The van der Waals surface area contributed by atoms with E-state index in [9.17, 15) is 9.59 Å². The molecule has 2 N–H and O–H groups in total. The zero-order valence-electron chi connectivity index (χ0n) is 14.6. The molecule has 4 aromatic rings. The Balaban J connectivity index is 1.37. The summed E-state index contributed by atoms with van der Waals surface area (Å²) >= 11 is 0. The molecule has 1 heterocycles. The predicted octanol–water partition coefficient (Wildman–Crippen LogP) is 3.88. The van der Waals surface area contributed by atoms with Crippen LogP contribution in [0.5, 0.6) is 0 Å². The van der Waals surface area contributed by atoms with E-state index >= 15 is 0 Å². The Morgan fingerprint density at radius 1 is 0.778 bits per heavy atom. The van der Waals surface area contributed by atoms with E-state index in [4.69, 9.17) is 4.42 Å². The van der Waals surface area contributed by atoms with Crippen LogP contribution >= 0.6 is 0 Å². The van der Waals surface area contributed by atoms with Crippen LogP contribution < -0.4 is 10.6 Å². The molecule has 0 radical (unpaired) electrons. The second-order valence-corrected chi connectivity index (χ2v) is 6.30. The molecular weight excluding hydrogens is 340 g/mol. The van der Waals surface area contributed by atoms with Gasteiger partial charge in [0.2, 0.25) is 11.8 Å². The van der Waals surface area contributed by atoms with E-state index in [2.05, 4.69) is 10.6 Å². The summed E-state index contributed by atoms with van der Waals surface area (Å²) < 4.78 is 5.82. The molecule has 0 aliphatic heterocycles. The first-order valence-electron chi connectivity index (χ1n) is 8.71. The molecule has 1 aromatic heterocycles. The first-order valence-corrected chi connectivity index (χ1v) is 8.71. The van der Waals surface area contributed by atoms with Crippen molar-refractivity contribution < 1.29 is 14.0 Å². The van der Waals surface area contributed by atoms with E-state index in [0.717, 1.165) is 21.9 Å². The number of para-hydroxylation sites is 1. The largest absolute Gasteiger partial charge is 0.456 e. The highest BCUT2D eigenvalue weighted by Crippen LogP contribution is 2.30. The van der Waals surface area contributed by atoms with Gasteiger partial charge in [-0.15, -0.1) is 0 Å². The van der Waals surface area contributed by atoms with Gasteiger partial charge in [0.1, 0.15) is 11.2 Å². The SMILES string of the molecule is O=C(Cc1ccccc1)NCC(=O)Nc1ccc2c(c1)oc1ccccc12. The maximum atomic E-state index is 12.1. The minimum atomic E-state index is -0.285. The maximum absolute atomic E-state index is 12.1. The molecule has 0 saturated carbocycles. The van der Waals surface area contributed by atoms with E-state index in [1.54, 1.807) is 6.07 Å². The number of anilines is 1. The van der Waals surface area contributed by atoms with Gasteiger partial charge in [0.25, 0.3) is 0 Å². The average molecular weight is 358 g/mol. The van der Waals surface area contributed by atoms with Crippen LogP contribution in [0.2, 0.25) is 0 Å². The highest BCUT2D eigenvalue weighted by molar-refractivity contribution is 6.06. The Kier molecular flexibility index (Phi) is 4.58. The molecule has 0 fully saturated rings. The highest BCUT2D eigenvalue weighted by Gasteiger charge is 2.10. The number of nitrogens with one attached hydrogen (secondary N) is 2. The number of hydrogen-bond acceptors (Lipinski definition) is 3. The third-order valence-electron chi connectivity index (χ3n) is 4.32. The van der Waals surface area contributed by atoms with Crippen molar-refractivity contribution in [2.75, 3.05) is 11.9 Å². The Hall–Kier alpha value is -3.60. The summed E-state index contributed by atoms with van der Waals surface area (Å²) in [5, 5.41) is 7.46. The summed E-state index contributed by atoms with van der Waals surface area (Å²) in [6, 6.07) is 22.7. The molecule has 134 valence electrons. The van der Waals surface area contributed by atoms with Crippen molar-refractivity contribution in [1.82, 2.24) is 5.32 Å². The van der Waals surface area contributed by atoms with Crippen LogP contribution in [-0.4, -0.2) is 18.4 Å². The van der Waals surface area contributed by atoms with Gasteiger partial charge in [-0.25, -0.2) is 0 Å². The molecule has 5 nitrogen and oxygen atoms in total. The van der Waals surface area contributed by atoms with Gasteiger partial charge in [-0.05, 0) is 23.8 Å². The van der Waals surface area contributed by atoms with Crippen molar-refractivity contribution in [3.05, 3.63) is 78.4 Å². The van der Waals surface area contributed by atoms with Crippen LogP contribution in [0.25, 0.3) is 21.9 Å². The maximum Gasteiger partial charge on any atom is 0.243 e. The second-order valence-electron chi connectivity index (χ2n) is 6.30. The summed E-state index contributed by atoms with van der Waals surface area (Å²) in [5.41, 5.74) is 3.06. The number of carbonyl (C=O) groups is 2. The molecule has 0 atom stereocenters.